The lowest BCUT2D eigenvalue weighted by Gasteiger charge is -2.26. The van der Waals surface area contributed by atoms with Crippen LogP contribution in [0.25, 0.3) is 0 Å². The molecule has 0 saturated carbocycles. The molecule has 3 heterocycles. The Morgan fingerprint density at radius 3 is 2.83 bits per heavy atom. The molecule has 0 spiro atoms. The zero-order valence-corrected chi connectivity index (χ0v) is 13.5. The van der Waals surface area contributed by atoms with Crippen molar-refractivity contribution in [3.05, 3.63) is 29.9 Å². The molecular weight excluding hydrogens is 312 g/mol. The van der Waals surface area contributed by atoms with E-state index in [1.54, 1.807) is 19.1 Å². The summed E-state index contributed by atoms with van der Waals surface area (Å²) in [6.45, 7) is 6.44. The van der Waals surface area contributed by atoms with Gasteiger partial charge in [0.2, 0.25) is 0 Å². The normalized spacial score (nSPS) is 15.2. The maximum absolute atomic E-state index is 12.2. The van der Waals surface area contributed by atoms with Gasteiger partial charge in [0.25, 0.3) is 5.91 Å². The summed E-state index contributed by atoms with van der Waals surface area (Å²) in [5.41, 5.74) is 0.301. The highest BCUT2D eigenvalue weighted by atomic mass is 16.5. The molecule has 9 nitrogen and oxygen atoms in total. The minimum absolute atomic E-state index is 0.231. The Kier molecular flexibility index (Phi) is 5.34. The number of anilines is 2. The minimum Gasteiger partial charge on any atom is -0.379 e. The van der Waals surface area contributed by atoms with E-state index in [1.807, 2.05) is 0 Å². The molecule has 3 rings (SSSR count). The van der Waals surface area contributed by atoms with Crippen LogP contribution in [0.15, 0.2) is 23.0 Å². The van der Waals surface area contributed by atoms with Gasteiger partial charge in [-0.25, -0.2) is 9.97 Å². The number of nitrogens with one attached hydrogen (secondary N) is 2. The van der Waals surface area contributed by atoms with Crippen LogP contribution in [0.5, 0.6) is 0 Å². The Morgan fingerprint density at radius 2 is 2.08 bits per heavy atom. The fourth-order valence-corrected chi connectivity index (χ4v) is 2.35. The second-order valence-electron chi connectivity index (χ2n) is 5.45. The lowest BCUT2D eigenvalue weighted by Crippen LogP contribution is -2.41. The maximum Gasteiger partial charge on any atom is 0.270 e. The first-order chi connectivity index (χ1) is 11.7. The van der Waals surface area contributed by atoms with Crippen molar-refractivity contribution in [2.24, 2.45) is 0 Å². The summed E-state index contributed by atoms with van der Waals surface area (Å²) >= 11 is 0. The fourth-order valence-electron chi connectivity index (χ4n) is 2.35. The zero-order chi connectivity index (χ0) is 16.8. The topological polar surface area (TPSA) is 105 Å². The number of carbonyl (C=O) groups excluding carboxylic acids is 1. The highest BCUT2D eigenvalue weighted by Gasteiger charge is 2.12. The van der Waals surface area contributed by atoms with Gasteiger partial charge in [0.15, 0.2) is 5.82 Å². The third-order valence-electron chi connectivity index (χ3n) is 3.60. The number of rotatable bonds is 6. The fraction of sp³-hybridized carbons (Fsp3) is 0.467. The molecule has 1 amide bonds. The summed E-state index contributed by atoms with van der Waals surface area (Å²) in [4.78, 5) is 22.5. The van der Waals surface area contributed by atoms with E-state index in [2.05, 4.69) is 30.7 Å². The zero-order valence-electron chi connectivity index (χ0n) is 13.5. The lowest BCUT2D eigenvalue weighted by molar-refractivity contribution is 0.0383. The Bertz CT molecular complexity index is 683. The van der Waals surface area contributed by atoms with E-state index >= 15 is 0 Å². The van der Waals surface area contributed by atoms with Crippen LogP contribution < -0.4 is 10.6 Å². The smallest absolute Gasteiger partial charge is 0.270 e. The third kappa shape index (κ3) is 4.49. The molecule has 128 valence electrons. The Balaban J connectivity index is 1.51. The Hall–Kier alpha value is -2.52. The summed E-state index contributed by atoms with van der Waals surface area (Å²) in [7, 11) is 0. The van der Waals surface area contributed by atoms with E-state index in [-0.39, 0.29) is 5.91 Å². The molecule has 2 N–H and O–H groups in total. The van der Waals surface area contributed by atoms with Gasteiger partial charge >= 0.3 is 0 Å². The number of morpholine rings is 1. The number of aryl methyl sites for hydroxylation is 1. The first-order valence-corrected chi connectivity index (χ1v) is 7.81. The highest BCUT2D eigenvalue weighted by molar-refractivity contribution is 5.92. The van der Waals surface area contributed by atoms with Crippen molar-refractivity contribution in [3.8, 4) is 0 Å². The average molecular weight is 332 g/mol. The Morgan fingerprint density at radius 1 is 1.25 bits per heavy atom. The van der Waals surface area contributed by atoms with Gasteiger partial charge in [-0.1, -0.05) is 5.16 Å². The molecule has 1 aliphatic heterocycles. The highest BCUT2D eigenvalue weighted by Crippen LogP contribution is 2.14. The van der Waals surface area contributed by atoms with E-state index in [0.29, 0.717) is 29.6 Å². The van der Waals surface area contributed by atoms with Crippen LogP contribution in [0.2, 0.25) is 0 Å². The van der Waals surface area contributed by atoms with Crippen LogP contribution in [0, 0.1) is 6.92 Å². The molecule has 0 unspecified atom stereocenters. The summed E-state index contributed by atoms with van der Waals surface area (Å²) in [6, 6.07) is 3.32. The van der Waals surface area contributed by atoms with Crippen molar-refractivity contribution < 1.29 is 14.1 Å². The van der Waals surface area contributed by atoms with Gasteiger partial charge in [-0.2, -0.15) is 0 Å². The number of aromatic nitrogens is 3. The minimum atomic E-state index is -0.231. The molecule has 1 fully saturated rings. The second-order valence-corrected chi connectivity index (χ2v) is 5.45. The van der Waals surface area contributed by atoms with Crippen LogP contribution >= 0.6 is 0 Å². The molecule has 0 aliphatic carbocycles. The predicted octanol–water partition coefficient (Wildman–Crippen LogP) is 0.579. The molecule has 2 aromatic heterocycles. The quantitative estimate of drug-likeness (QED) is 0.791. The van der Waals surface area contributed by atoms with E-state index in [9.17, 15) is 4.79 Å². The van der Waals surface area contributed by atoms with Gasteiger partial charge in [-0.05, 0) is 6.92 Å². The molecule has 2 aromatic rings. The number of ether oxygens (including phenoxy) is 1. The van der Waals surface area contributed by atoms with Crippen molar-refractivity contribution in [1.29, 1.82) is 0 Å². The third-order valence-corrected chi connectivity index (χ3v) is 3.60. The Labute approximate surface area is 139 Å². The first-order valence-electron chi connectivity index (χ1n) is 7.81. The van der Waals surface area contributed by atoms with Crippen LogP contribution in [-0.2, 0) is 4.74 Å². The van der Waals surface area contributed by atoms with E-state index in [4.69, 9.17) is 9.26 Å². The molecule has 1 saturated heterocycles. The van der Waals surface area contributed by atoms with Gasteiger partial charge in [0.1, 0.15) is 23.6 Å². The largest absolute Gasteiger partial charge is 0.379 e. The number of nitrogens with zero attached hydrogens (tertiary/aromatic N) is 4. The average Bonchev–Trinajstić information content (AvgIpc) is 3.01. The molecule has 0 bridgehead atoms. The SMILES string of the molecule is Cc1cc(Nc2cc(C(=O)NCCN3CCOCC3)ncn2)no1. The van der Waals surface area contributed by atoms with Gasteiger partial charge < -0.3 is 19.9 Å². The predicted molar refractivity (Wildman–Crippen MR) is 86.1 cm³/mol. The molecule has 9 heteroatoms. The number of hydrogen-bond donors (Lipinski definition) is 2. The van der Waals surface area contributed by atoms with E-state index in [1.165, 1.54) is 6.33 Å². The molecular formula is C15H20N6O3. The second kappa shape index (κ2) is 7.84. The molecule has 0 radical (unpaired) electrons. The van der Waals surface area contributed by atoms with E-state index in [0.717, 1.165) is 32.8 Å². The van der Waals surface area contributed by atoms with Gasteiger partial charge in [-0.15, -0.1) is 0 Å². The molecule has 0 aromatic carbocycles. The van der Waals surface area contributed by atoms with Crippen molar-refractivity contribution in [3.63, 3.8) is 0 Å². The summed E-state index contributed by atoms with van der Waals surface area (Å²) in [6.07, 6.45) is 1.34. The number of amides is 1. The van der Waals surface area contributed by atoms with Crippen LogP contribution in [0.1, 0.15) is 16.2 Å². The maximum atomic E-state index is 12.2. The van der Waals surface area contributed by atoms with E-state index < -0.39 is 0 Å². The first kappa shape index (κ1) is 16.3. The number of hydrogen-bond acceptors (Lipinski definition) is 8. The molecule has 1 aliphatic rings. The lowest BCUT2D eigenvalue weighted by atomic mass is 10.3. The number of carbonyl (C=O) groups is 1. The standard InChI is InChI=1S/C15H20N6O3/c1-11-8-14(20-24-11)19-13-9-12(17-10-18-13)15(22)16-2-3-21-4-6-23-7-5-21/h8-10H,2-7H2,1H3,(H,16,22)(H,17,18,19,20). The van der Waals surface area contributed by atoms with Crippen molar-refractivity contribution >= 4 is 17.5 Å². The summed E-state index contributed by atoms with van der Waals surface area (Å²) < 4.78 is 10.3. The van der Waals surface area contributed by atoms with Crippen molar-refractivity contribution in [2.45, 2.75) is 6.92 Å². The molecule has 24 heavy (non-hydrogen) atoms. The van der Waals surface area contributed by atoms with Gasteiger partial charge in [0.05, 0.1) is 13.2 Å². The summed E-state index contributed by atoms with van der Waals surface area (Å²) in [5.74, 6) is 1.47. The van der Waals surface area contributed by atoms with Crippen molar-refractivity contribution in [1.82, 2.24) is 25.3 Å². The molecule has 0 atom stereocenters. The van der Waals surface area contributed by atoms with Crippen LogP contribution in [0.4, 0.5) is 11.6 Å². The summed E-state index contributed by atoms with van der Waals surface area (Å²) in [5, 5.41) is 9.66. The van der Waals surface area contributed by atoms with Gasteiger partial charge in [0, 0.05) is 38.3 Å². The van der Waals surface area contributed by atoms with Crippen LogP contribution in [0.3, 0.4) is 0 Å². The van der Waals surface area contributed by atoms with Crippen LogP contribution in [-0.4, -0.2) is 65.3 Å². The van der Waals surface area contributed by atoms with Crippen molar-refractivity contribution in [2.75, 3.05) is 44.7 Å². The van der Waals surface area contributed by atoms with Gasteiger partial charge in [-0.3, -0.25) is 9.69 Å². The monoisotopic (exact) mass is 332 g/mol.